The van der Waals surface area contributed by atoms with E-state index in [1.54, 1.807) is 23.1 Å². The number of carbonyl (C=O) groups is 1. The van der Waals surface area contributed by atoms with Gasteiger partial charge in [0.25, 0.3) is 5.69 Å². The van der Waals surface area contributed by atoms with Crippen molar-refractivity contribution < 1.29 is 18.1 Å². The van der Waals surface area contributed by atoms with Crippen molar-refractivity contribution in [2.75, 3.05) is 18.5 Å². The van der Waals surface area contributed by atoms with Crippen LogP contribution in [-0.2, 0) is 27.7 Å². The summed E-state index contributed by atoms with van der Waals surface area (Å²) in [4.78, 5) is 24.8. The Morgan fingerprint density at radius 3 is 2.56 bits per heavy atom. The number of nitro groups is 1. The topological polar surface area (TPSA) is 110 Å². The number of benzene rings is 2. The number of rotatable bonds is 6. The monoisotopic (exact) mass is 389 g/mol. The third-order valence-corrected chi connectivity index (χ3v) is 6.04. The van der Waals surface area contributed by atoms with E-state index < -0.39 is 14.9 Å². The molecule has 1 aliphatic rings. The number of amides is 1. The molecule has 2 aromatic carbocycles. The van der Waals surface area contributed by atoms with Crippen LogP contribution in [-0.4, -0.2) is 32.8 Å². The van der Waals surface area contributed by atoms with Crippen LogP contribution in [0.1, 0.15) is 17.5 Å². The number of nitrogens with zero attached hydrogens (tertiary/aromatic N) is 2. The van der Waals surface area contributed by atoms with Gasteiger partial charge in [0.2, 0.25) is 15.9 Å². The largest absolute Gasteiger partial charge is 0.312 e. The molecule has 0 radical (unpaired) electrons. The Kier molecular flexibility index (Phi) is 5.24. The van der Waals surface area contributed by atoms with Crippen LogP contribution >= 0.6 is 0 Å². The Balaban J connectivity index is 1.68. The first-order chi connectivity index (χ1) is 12.8. The average Bonchev–Trinajstić information content (AvgIpc) is 3.09. The maximum atomic E-state index is 12.6. The zero-order valence-electron chi connectivity index (χ0n) is 14.7. The number of fused-ring (bicyclic) bond motifs is 1. The predicted molar refractivity (Wildman–Crippen MR) is 100 cm³/mol. The molecule has 0 bridgehead atoms. The number of non-ortho nitro benzene ring substituents is 1. The molecule has 8 nitrogen and oxygen atoms in total. The van der Waals surface area contributed by atoms with Crippen molar-refractivity contribution in [1.29, 1.82) is 0 Å². The van der Waals surface area contributed by atoms with E-state index in [9.17, 15) is 23.3 Å². The van der Waals surface area contributed by atoms with Crippen LogP contribution in [0.25, 0.3) is 0 Å². The lowest BCUT2D eigenvalue weighted by Crippen LogP contribution is -2.29. The summed E-state index contributed by atoms with van der Waals surface area (Å²) in [6.07, 6.45) is 1.37. The maximum Gasteiger partial charge on any atom is 0.271 e. The van der Waals surface area contributed by atoms with Gasteiger partial charge < -0.3 is 4.90 Å². The van der Waals surface area contributed by atoms with E-state index in [0.29, 0.717) is 25.1 Å². The van der Waals surface area contributed by atoms with E-state index in [1.807, 2.05) is 0 Å². The van der Waals surface area contributed by atoms with Crippen LogP contribution in [0.15, 0.2) is 47.4 Å². The Bertz CT molecular complexity index is 987. The van der Waals surface area contributed by atoms with E-state index >= 15 is 0 Å². The second kappa shape index (κ2) is 7.45. The number of sulfonamides is 1. The first-order valence-electron chi connectivity index (χ1n) is 8.42. The third kappa shape index (κ3) is 3.99. The van der Waals surface area contributed by atoms with Crippen molar-refractivity contribution in [2.24, 2.45) is 0 Å². The van der Waals surface area contributed by atoms with Crippen LogP contribution < -0.4 is 9.62 Å². The normalized spacial score (nSPS) is 13.4. The molecule has 9 heteroatoms. The third-order valence-electron chi connectivity index (χ3n) is 4.61. The number of anilines is 1. The highest BCUT2D eigenvalue weighted by atomic mass is 32.2. The van der Waals surface area contributed by atoms with Gasteiger partial charge in [-0.2, -0.15) is 0 Å². The van der Waals surface area contributed by atoms with Crippen molar-refractivity contribution in [2.45, 2.75) is 24.2 Å². The minimum absolute atomic E-state index is 0.0326. The molecule has 0 saturated heterocycles. The quantitative estimate of drug-likeness (QED) is 0.600. The van der Waals surface area contributed by atoms with Crippen LogP contribution in [0.2, 0.25) is 0 Å². The highest BCUT2D eigenvalue weighted by Gasteiger charge is 2.26. The van der Waals surface area contributed by atoms with E-state index in [2.05, 4.69) is 4.72 Å². The highest BCUT2D eigenvalue weighted by Crippen LogP contribution is 2.32. The van der Waals surface area contributed by atoms with Crippen molar-refractivity contribution >= 4 is 27.3 Å². The number of nitrogens with one attached hydrogen (secondary N) is 1. The molecule has 1 N–H and O–H groups in total. The summed E-state index contributed by atoms with van der Waals surface area (Å²) >= 11 is 0. The molecule has 2 aromatic rings. The molecule has 0 atom stereocenters. The van der Waals surface area contributed by atoms with Gasteiger partial charge in [-0.25, -0.2) is 13.1 Å². The van der Waals surface area contributed by atoms with Gasteiger partial charge in [0.15, 0.2) is 0 Å². The maximum absolute atomic E-state index is 12.6. The average molecular weight is 389 g/mol. The van der Waals surface area contributed by atoms with Crippen molar-refractivity contribution in [3.05, 3.63) is 63.7 Å². The molecule has 0 aliphatic carbocycles. The number of hydrogen-bond acceptors (Lipinski definition) is 5. The zero-order chi connectivity index (χ0) is 19.6. The van der Waals surface area contributed by atoms with Crippen LogP contribution in [0.5, 0.6) is 0 Å². The van der Waals surface area contributed by atoms with Gasteiger partial charge >= 0.3 is 0 Å². The molecule has 1 amide bonds. The lowest BCUT2D eigenvalue weighted by atomic mass is 10.1. The van der Waals surface area contributed by atoms with E-state index in [1.165, 1.54) is 31.3 Å². The molecule has 0 spiro atoms. The van der Waals surface area contributed by atoms with E-state index in [-0.39, 0.29) is 22.9 Å². The van der Waals surface area contributed by atoms with Crippen LogP contribution in [0.4, 0.5) is 11.4 Å². The number of hydrogen-bond donors (Lipinski definition) is 1. The molecule has 0 aromatic heterocycles. The Labute approximate surface area is 157 Å². The Morgan fingerprint density at radius 1 is 1.22 bits per heavy atom. The molecule has 0 unspecified atom stereocenters. The van der Waals surface area contributed by atoms with Gasteiger partial charge in [-0.1, -0.05) is 18.2 Å². The molecule has 3 rings (SSSR count). The van der Waals surface area contributed by atoms with Gasteiger partial charge in [-0.15, -0.1) is 0 Å². The Hall–Kier alpha value is -2.78. The first kappa shape index (κ1) is 19.0. The molecule has 0 fully saturated rings. The SMILES string of the molecule is CNS(=O)(=O)c1ccc(CCC(=O)N2CCc3ccc([N+](=O)[O-])cc32)cc1. The minimum Gasteiger partial charge on any atom is -0.312 e. The Morgan fingerprint density at radius 2 is 1.93 bits per heavy atom. The highest BCUT2D eigenvalue weighted by molar-refractivity contribution is 7.89. The first-order valence-corrected chi connectivity index (χ1v) is 9.90. The summed E-state index contributed by atoms with van der Waals surface area (Å²) in [7, 11) is -2.14. The summed E-state index contributed by atoms with van der Waals surface area (Å²) < 4.78 is 25.7. The molecule has 1 heterocycles. The summed E-state index contributed by atoms with van der Waals surface area (Å²) in [5.74, 6) is -0.110. The summed E-state index contributed by atoms with van der Waals surface area (Å²) in [6, 6.07) is 11.0. The lowest BCUT2D eigenvalue weighted by molar-refractivity contribution is -0.384. The summed E-state index contributed by atoms with van der Waals surface area (Å²) in [5.41, 5.74) is 2.34. The molecular formula is C18H19N3O5S. The number of nitro benzene ring substituents is 1. The second-order valence-corrected chi connectivity index (χ2v) is 8.10. The minimum atomic E-state index is -3.48. The van der Waals surface area contributed by atoms with Crippen molar-refractivity contribution in [1.82, 2.24) is 4.72 Å². The fourth-order valence-corrected chi connectivity index (χ4v) is 3.81. The van der Waals surface area contributed by atoms with Gasteiger partial charge in [0.1, 0.15) is 0 Å². The van der Waals surface area contributed by atoms with Crippen molar-refractivity contribution in [3.63, 3.8) is 0 Å². The van der Waals surface area contributed by atoms with Gasteiger partial charge in [-0.3, -0.25) is 14.9 Å². The lowest BCUT2D eigenvalue weighted by Gasteiger charge is -2.17. The molecule has 142 valence electrons. The van der Waals surface area contributed by atoms with Gasteiger partial charge in [0, 0.05) is 25.1 Å². The van der Waals surface area contributed by atoms with Crippen molar-refractivity contribution in [3.8, 4) is 0 Å². The predicted octanol–water partition coefficient (Wildman–Crippen LogP) is 2.02. The molecular weight excluding hydrogens is 370 g/mol. The second-order valence-electron chi connectivity index (χ2n) is 6.22. The fraction of sp³-hybridized carbons (Fsp3) is 0.278. The molecule has 1 aliphatic heterocycles. The van der Waals surface area contributed by atoms with Gasteiger partial charge in [0.05, 0.1) is 15.5 Å². The molecule has 27 heavy (non-hydrogen) atoms. The van der Waals surface area contributed by atoms with Crippen LogP contribution in [0, 0.1) is 10.1 Å². The van der Waals surface area contributed by atoms with Crippen LogP contribution in [0.3, 0.4) is 0 Å². The smallest absolute Gasteiger partial charge is 0.271 e. The van der Waals surface area contributed by atoms with Gasteiger partial charge in [-0.05, 0) is 43.1 Å². The van der Waals surface area contributed by atoms with E-state index in [4.69, 9.17) is 0 Å². The standard InChI is InChI=1S/C18H19N3O5S/c1-19-27(25,26)16-7-2-13(3-8-16)4-9-18(22)20-11-10-14-5-6-15(21(23)24)12-17(14)20/h2-3,5-8,12,19H,4,9-11H2,1H3. The summed E-state index contributed by atoms with van der Waals surface area (Å²) in [6.45, 7) is 0.509. The fourth-order valence-electron chi connectivity index (χ4n) is 3.08. The zero-order valence-corrected chi connectivity index (χ0v) is 15.5. The number of aryl methyl sites for hydroxylation is 1. The number of carbonyl (C=O) groups excluding carboxylic acids is 1. The molecule has 0 saturated carbocycles. The summed E-state index contributed by atoms with van der Waals surface area (Å²) in [5, 5.41) is 11.0. The van der Waals surface area contributed by atoms with E-state index in [0.717, 1.165) is 11.1 Å².